The lowest BCUT2D eigenvalue weighted by Gasteiger charge is -2.28. The van der Waals surface area contributed by atoms with E-state index in [9.17, 15) is 14.7 Å². The Hall–Kier alpha value is -2.88. The van der Waals surface area contributed by atoms with Gasteiger partial charge in [0.25, 0.3) is 0 Å². The van der Waals surface area contributed by atoms with E-state index in [1.807, 2.05) is 0 Å². The zero-order valence-electron chi connectivity index (χ0n) is 15.4. The molecule has 3 aromatic rings. The molecule has 8 nitrogen and oxygen atoms in total. The first-order valence-corrected chi connectivity index (χ1v) is 8.74. The van der Waals surface area contributed by atoms with Gasteiger partial charge in [0.1, 0.15) is 16.8 Å². The lowest BCUT2D eigenvalue weighted by atomic mass is 10.1. The molecule has 1 fully saturated rings. The molecule has 0 amide bonds. The van der Waals surface area contributed by atoms with Crippen molar-refractivity contribution in [2.24, 2.45) is 5.73 Å². The molecule has 1 saturated heterocycles. The Bertz CT molecular complexity index is 1230. The van der Waals surface area contributed by atoms with Crippen LogP contribution in [0.25, 0.3) is 16.7 Å². The minimum Gasteiger partial charge on any atom is -0.477 e. The fraction of sp³-hybridized carbons (Fsp3) is 0.211. The summed E-state index contributed by atoms with van der Waals surface area (Å²) in [6, 6.07) is 4.30. The molecule has 5 rings (SSSR count). The number of pyridine rings is 2. The van der Waals surface area contributed by atoms with Gasteiger partial charge in [-0.2, -0.15) is 0 Å². The molecular weight excluding hydrogens is 438 g/mol. The number of ether oxygens (including phenoxy) is 1. The molecule has 2 aliphatic rings. The predicted octanol–water partition coefficient (Wildman–Crippen LogP) is 2.71. The molecule has 1 aromatic carbocycles. The van der Waals surface area contributed by atoms with E-state index in [-0.39, 0.29) is 53.2 Å². The number of carboxylic acid groups (broad SMARTS) is 1. The third-order valence-corrected chi connectivity index (χ3v) is 5.13. The van der Waals surface area contributed by atoms with E-state index >= 15 is 4.39 Å². The van der Waals surface area contributed by atoms with Crippen LogP contribution in [0.4, 0.5) is 10.1 Å². The number of fused-ring (bicyclic) bond motifs is 2. The quantitative estimate of drug-likeness (QED) is 0.478. The third kappa shape index (κ3) is 3.06. The van der Waals surface area contributed by atoms with E-state index in [0.717, 1.165) is 6.07 Å². The summed E-state index contributed by atoms with van der Waals surface area (Å²) in [5.41, 5.74) is 5.25. The number of aromatic carboxylic acids is 1. The van der Waals surface area contributed by atoms with E-state index in [1.54, 1.807) is 17.0 Å². The van der Waals surface area contributed by atoms with Gasteiger partial charge in [-0.05, 0) is 24.6 Å². The zero-order valence-corrected chi connectivity index (χ0v) is 17.0. The molecule has 30 heavy (non-hydrogen) atoms. The highest BCUT2D eigenvalue weighted by Gasteiger charge is 2.32. The van der Waals surface area contributed by atoms with Crippen molar-refractivity contribution in [1.29, 1.82) is 0 Å². The summed E-state index contributed by atoms with van der Waals surface area (Å²) in [4.78, 5) is 30.3. The van der Waals surface area contributed by atoms with Crippen molar-refractivity contribution in [2.75, 3.05) is 18.0 Å². The van der Waals surface area contributed by atoms with Crippen molar-refractivity contribution in [3.8, 4) is 17.3 Å². The minimum atomic E-state index is -1.39. The molecule has 0 bridgehead atoms. The highest BCUT2D eigenvalue weighted by molar-refractivity contribution is 5.98. The zero-order chi connectivity index (χ0) is 19.6. The summed E-state index contributed by atoms with van der Waals surface area (Å²) in [7, 11) is 0. The van der Waals surface area contributed by atoms with Crippen LogP contribution in [0.1, 0.15) is 16.8 Å². The van der Waals surface area contributed by atoms with E-state index in [4.69, 9.17) is 10.5 Å². The molecule has 0 spiro atoms. The first-order valence-electron chi connectivity index (χ1n) is 8.74. The van der Waals surface area contributed by atoms with Crippen LogP contribution >= 0.6 is 24.8 Å². The van der Waals surface area contributed by atoms with Crippen LogP contribution in [0.2, 0.25) is 0 Å². The Morgan fingerprint density at radius 2 is 2.13 bits per heavy atom. The van der Waals surface area contributed by atoms with Gasteiger partial charge >= 0.3 is 5.97 Å². The second-order valence-corrected chi connectivity index (χ2v) is 6.90. The van der Waals surface area contributed by atoms with Crippen LogP contribution < -0.4 is 20.8 Å². The van der Waals surface area contributed by atoms with E-state index < -0.39 is 22.8 Å². The summed E-state index contributed by atoms with van der Waals surface area (Å²) in [5, 5.41) is 9.35. The van der Waals surface area contributed by atoms with E-state index in [0.29, 0.717) is 31.1 Å². The highest BCUT2D eigenvalue weighted by Crippen LogP contribution is 2.46. The van der Waals surface area contributed by atoms with E-state index in [2.05, 4.69) is 4.98 Å². The Balaban J connectivity index is 0.00000128. The fourth-order valence-electron chi connectivity index (χ4n) is 3.87. The number of rotatable bonds is 2. The van der Waals surface area contributed by atoms with Gasteiger partial charge in [-0.3, -0.25) is 9.36 Å². The summed E-state index contributed by atoms with van der Waals surface area (Å²) < 4.78 is 22.6. The van der Waals surface area contributed by atoms with Crippen LogP contribution in [0.15, 0.2) is 35.4 Å². The monoisotopic (exact) mass is 454 g/mol. The lowest BCUT2D eigenvalue weighted by Crippen LogP contribution is -2.28. The molecule has 2 aliphatic heterocycles. The molecule has 11 heteroatoms. The smallest absolute Gasteiger partial charge is 0.341 e. The number of nitrogens with two attached hydrogens (primary N) is 1. The molecule has 3 N–H and O–H groups in total. The number of hydrogen-bond acceptors (Lipinski definition) is 6. The van der Waals surface area contributed by atoms with Gasteiger partial charge in [-0.25, -0.2) is 14.2 Å². The number of hydrogen-bond donors (Lipinski definition) is 2. The summed E-state index contributed by atoms with van der Waals surface area (Å²) in [6.45, 7) is 1.01. The Morgan fingerprint density at radius 3 is 2.80 bits per heavy atom. The van der Waals surface area contributed by atoms with Gasteiger partial charge in [0.05, 0.1) is 5.39 Å². The number of aromatic nitrogens is 2. The maximum absolute atomic E-state index is 15.1. The van der Waals surface area contributed by atoms with Crippen molar-refractivity contribution < 1.29 is 19.0 Å². The number of benzene rings is 1. The van der Waals surface area contributed by atoms with Gasteiger partial charge < -0.3 is 20.5 Å². The maximum Gasteiger partial charge on any atom is 0.341 e. The maximum atomic E-state index is 15.1. The Labute approximate surface area is 181 Å². The molecule has 2 aromatic heterocycles. The molecule has 0 saturated carbocycles. The molecule has 0 aliphatic carbocycles. The second kappa shape index (κ2) is 7.75. The Morgan fingerprint density at radius 1 is 1.37 bits per heavy atom. The molecular formula is C19H17Cl2FN4O4. The lowest BCUT2D eigenvalue weighted by molar-refractivity contribution is 0.0695. The van der Waals surface area contributed by atoms with E-state index in [1.165, 1.54) is 17.0 Å². The molecule has 0 radical (unpaired) electrons. The largest absolute Gasteiger partial charge is 0.477 e. The second-order valence-electron chi connectivity index (χ2n) is 6.90. The van der Waals surface area contributed by atoms with Crippen molar-refractivity contribution in [3.05, 3.63) is 52.2 Å². The van der Waals surface area contributed by atoms with Crippen LogP contribution in [0.5, 0.6) is 11.5 Å². The number of anilines is 1. The van der Waals surface area contributed by atoms with Gasteiger partial charge in [0.15, 0.2) is 23.1 Å². The molecule has 1 atom stereocenters. The fourth-order valence-corrected chi connectivity index (χ4v) is 3.87. The van der Waals surface area contributed by atoms with Crippen molar-refractivity contribution in [1.82, 2.24) is 9.55 Å². The molecule has 158 valence electrons. The normalized spacial score (nSPS) is 16.3. The van der Waals surface area contributed by atoms with Gasteiger partial charge in [-0.15, -0.1) is 24.8 Å². The summed E-state index contributed by atoms with van der Waals surface area (Å²) >= 11 is 0. The average Bonchev–Trinajstić information content (AvgIpc) is 3.09. The van der Waals surface area contributed by atoms with Crippen molar-refractivity contribution in [2.45, 2.75) is 12.5 Å². The Kier molecular flexibility index (Phi) is 5.64. The van der Waals surface area contributed by atoms with Crippen LogP contribution in [-0.4, -0.2) is 39.8 Å². The first kappa shape index (κ1) is 21.8. The van der Waals surface area contributed by atoms with Crippen molar-refractivity contribution >= 4 is 47.4 Å². The van der Waals surface area contributed by atoms with Crippen molar-refractivity contribution in [3.63, 3.8) is 0 Å². The molecule has 4 heterocycles. The van der Waals surface area contributed by atoms with Gasteiger partial charge in [0, 0.05) is 31.5 Å². The topological polar surface area (TPSA) is 111 Å². The summed E-state index contributed by atoms with van der Waals surface area (Å²) in [5.74, 6) is -1.21. The number of halogens is 3. The van der Waals surface area contributed by atoms with Gasteiger partial charge in [-0.1, -0.05) is 0 Å². The number of nitrogens with zero attached hydrogens (tertiary/aromatic N) is 3. The SMILES string of the molecule is Cl.Cl.N[C@H]1CCN(c2c(F)cc3c(=O)c(C(=O)O)cn4c3c2Oc2cccnc2-4)C1. The van der Waals surface area contributed by atoms with Crippen LogP contribution in [-0.2, 0) is 0 Å². The number of carboxylic acids is 1. The van der Waals surface area contributed by atoms with Gasteiger partial charge in [0.2, 0.25) is 5.43 Å². The third-order valence-electron chi connectivity index (χ3n) is 5.13. The standard InChI is InChI=1S/C19H15FN4O4.2ClH/c20-12-6-10-14-17(15(12)23-5-3-9(21)7-23)28-13-2-1-4-22-18(13)24(14)8-11(16(10)25)19(26)27;;/h1-2,4,6,8-9H,3,5,7,21H2,(H,26,27);2*1H/t9-;;/m0../s1. The van der Waals surface area contributed by atoms with Crippen LogP contribution in [0, 0.1) is 5.82 Å². The molecule has 0 unspecified atom stereocenters. The summed E-state index contributed by atoms with van der Waals surface area (Å²) in [6.07, 6.45) is 3.45. The predicted molar refractivity (Wildman–Crippen MR) is 114 cm³/mol. The average molecular weight is 455 g/mol. The highest BCUT2D eigenvalue weighted by atomic mass is 35.5. The van der Waals surface area contributed by atoms with Crippen LogP contribution in [0.3, 0.4) is 0 Å². The first-order chi connectivity index (χ1) is 13.5. The minimum absolute atomic E-state index is 0. The number of carbonyl (C=O) groups is 1.